The van der Waals surface area contributed by atoms with Crippen molar-refractivity contribution in [3.8, 4) is 0 Å². The second kappa shape index (κ2) is 6.37. The molecular formula is C16H24N2O2. The zero-order valence-corrected chi connectivity index (χ0v) is 12.7. The number of aryl methyl sites for hydroxylation is 1. The molecule has 4 nitrogen and oxygen atoms in total. The second-order valence-electron chi connectivity index (χ2n) is 5.52. The first kappa shape index (κ1) is 15.0. The molecule has 20 heavy (non-hydrogen) atoms. The summed E-state index contributed by atoms with van der Waals surface area (Å²) in [5.41, 5.74) is 2.02. The van der Waals surface area contributed by atoms with Crippen LogP contribution >= 0.6 is 0 Å². The summed E-state index contributed by atoms with van der Waals surface area (Å²) in [4.78, 5) is 0. The molecule has 0 aliphatic carbocycles. The van der Waals surface area contributed by atoms with Crippen molar-refractivity contribution in [2.75, 3.05) is 6.61 Å². The molecule has 1 aromatic heterocycles. The van der Waals surface area contributed by atoms with E-state index >= 15 is 0 Å². The minimum atomic E-state index is -0.534. The van der Waals surface area contributed by atoms with E-state index in [9.17, 15) is 5.11 Å². The van der Waals surface area contributed by atoms with Crippen LogP contribution in [0, 0.1) is 5.92 Å². The second-order valence-corrected chi connectivity index (χ2v) is 5.52. The molecule has 2 unspecified atom stereocenters. The Labute approximate surface area is 120 Å². The summed E-state index contributed by atoms with van der Waals surface area (Å²) in [6.07, 6.45) is -0.168. The van der Waals surface area contributed by atoms with Crippen molar-refractivity contribution in [2.45, 2.75) is 39.4 Å². The molecule has 110 valence electrons. The molecular weight excluding hydrogens is 252 g/mol. The van der Waals surface area contributed by atoms with Crippen LogP contribution in [0.3, 0.4) is 0 Å². The third-order valence-electron chi connectivity index (χ3n) is 3.63. The van der Waals surface area contributed by atoms with E-state index in [1.54, 1.807) is 0 Å². The number of benzene rings is 1. The number of nitrogens with zero attached hydrogens (tertiary/aromatic N) is 2. The quantitative estimate of drug-likeness (QED) is 0.882. The van der Waals surface area contributed by atoms with Gasteiger partial charge in [-0.15, -0.1) is 0 Å². The van der Waals surface area contributed by atoms with Crippen molar-refractivity contribution >= 4 is 10.9 Å². The summed E-state index contributed by atoms with van der Waals surface area (Å²) in [7, 11) is 1.93. The molecule has 1 heterocycles. The molecule has 4 heteroatoms. The van der Waals surface area contributed by atoms with Gasteiger partial charge in [0.2, 0.25) is 0 Å². The minimum absolute atomic E-state index is 0.152. The molecule has 2 aromatic rings. The van der Waals surface area contributed by atoms with Crippen LogP contribution in [-0.2, 0) is 18.2 Å². The average molecular weight is 276 g/mol. The first-order valence-corrected chi connectivity index (χ1v) is 7.24. The van der Waals surface area contributed by atoms with E-state index in [0.717, 1.165) is 16.6 Å². The van der Waals surface area contributed by atoms with E-state index < -0.39 is 6.10 Å². The molecule has 0 saturated heterocycles. The fourth-order valence-corrected chi connectivity index (χ4v) is 2.69. The van der Waals surface area contributed by atoms with Crippen LogP contribution in [0.15, 0.2) is 24.3 Å². The maximum absolute atomic E-state index is 10.5. The molecule has 1 aromatic carbocycles. The Bertz CT molecular complexity index is 563. The Morgan fingerprint density at radius 3 is 2.65 bits per heavy atom. The summed E-state index contributed by atoms with van der Waals surface area (Å²) in [5.74, 6) is 0.278. The third kappa shape index (κ3) is 3.02. The van der Waals surface area contributed by atoms with Gasteiger partial charge in [-0.3, -0.25) is 4.68 Å². The lowest BCUT2D eigenvalue weighted by atomic mass is 9.97. The van der Waals surface area contributed by atoms with Gasteiger partial charge in [0.1, 0.15) is 0 Å². The van der Waals surface area contributed by atoms with Gasteiger partial charge in [0, 0.05) is 25.5 Å². The maximum Gasteiger partial charge on any atom is 0.0860 e. The van der Waals surface area contributed by atoms with Crippen LogP contribution in [0.4, 0.5) is 0 Å². The van der Waals surface area contributed by atoms with Gasteiger partial charge >= 0.3 is 0 Å². The van der Waals surface area contributed by atoms with Gasteiger partial charge in [0.05, 0.1) is 23.4 Å². The van der Waals surface area contributed by atoms with Crippen molar-refractivity contribution in [1.29, 1.82) is 0 Å². The van der Waals surface area contributed by atoms with Gasteiger partial charge in [0.25, 0.3) is 0 Å². The molecule has 1 N–H and O–H groups in total. The zero-order valence-electron chi connectivity index (χ0n) is 12.7. The monoisotopic (exact) mass is 276 g/mol. The largest absolute Gasteiger partial charge is 0.390 e. The van der Waals surface area contributed by atoms with Crippen molar-refractivity contribution in [1.82, 2.24) is 9.78 Å². The Balaban J connectivity index is 2.23. The summed E-state index contributed by atoms with van der Waals surface area (Å²) in [6, 6.07) is 8.10. The number of hydrogen-bond acceptors (Lipinski definition) is 3. The lowest BCUT2D eigenvalue weighted by molar-refractivity contribution is -0.0564. The van der Waals surface area contributed by atoms with E-state index in [1.807, 2.05) is 36.9 Å². The summed E-state index contributed by atoms with van der Waals surface area (Å²) < 4.78 is 7.54. The topological polar surface area (TPSA) is 47.3 Å². The molecule has 0 bridgehead atoms. The molecule has 2 atom stereocenters. The standard InChI is InChI=1S/C16H24N2O2/c1-5-20-16(11(2)3)15(19)10-13-12-8-6-7-9-14(12)18(4)17-13/h6-9,11,15-16,19H,5,10H2,1-4H3. The minimum Gasteiger partial charge on any atom is -0.390 e. The van der Waals surface area contributed by atoms with Crippen molar-refractivity contribution in [2.24, 2.45) is 13.0 Å². The van der Waals surface area contributed by atoms with Gasteiger partial charge in [-0.2, -0.15) is 5.10 Å². The Hall–Kier alpha value is -1.39. The molecule has 0 radical (unpaired) electrons. The van der Waals surface area contributed by atoms with Gasteiger partial charge in [0.15, 0.2) is 0 Å². The van der Waals surface area contributed by atoms with E-state index in [0.29, 0.717) is 13.0 Å². The molecule has 2 rings (SSSR count). The SMILES string of the molecule is CCOC(C(C)C)C(O)Cc1nn(C)c2ccccc12. The number of rotatable bonds is 6. The lowest BCUT2D eigenvalue weighted by Gasteiger charge is -2.25. The fourth-order valence-electron chi connectivity index (χ4n) is 2.69. The first-order valence-electron chi connectivity index (χ1n) is 7.24. The normalized spacial score (nSPS) is 14.9. The third-order valence-corrected chi connectivity index (χ3v) is 3.63. The number of aliphatic hydroxyl groups is 1. The highest BCUT2D eigenvalue weighted by molar-refractivity contribution is 5.81. The average Bonchev–Trinajstić information content (AvgIpc) is 2.73. The van der Waals surface area contributed by atoms with Gasteiger partial charge < -0.3 is 9.84 Å². The number of hydrogen-bond donors (Lipinski definition) is 1. The summed E-state index contributed by atoms with van der Waals surface area (Å²) in [6.45, 7) is 6.71. The number of ether oxygens (including phenoxy) is 1. The maximum atomic E-state index is 10.5. The Morgan fingerprint density at radius 2 is 2.00 bits per heavy atom. The number of fused-ring (bicyclic) bond motifs is 1. The van der Waals surface area contributed by atoms with Crippen LogP contribution in [0.25, 0.3) is 10.9 Å². The predicted octanol–water partition coefficient (Wildman–Crippen LogP) is 2.54. The fraction of sp³-hybridized carbons (Fsp3) is 0.562. The highest BCUT2D eigenvalue weighted by Gasteiger charge is 2.25. The smallest absolute Gasteiger partial charge is 0.0860 e. The predicted molar refractivity (Wildman–Crippen MR) is 80.7 cm³/mol. The Kier molecular flexibility index (Phi) is 4.78. The van der Waals surface area contributed by atoms with Gasteiger partial charge in [-0.25, -0.2) is 0 Å². The number of para-hydroxylation sites is 1. The van der Waals surface area contributed by atoms with Crippen LogP contribution in [0.5, 0.6) is 0 Å². The van der Waals surface area contributed by atoms with E-state index in [-0.39, 0.29) is 12.0 Å². The Morgan fingerprint density at radius 1 is 1.30 bits per heavy atom. The van der Waals surface area contributed by atoms with E-state index in [1.165, 1.54) is 0 Å². The van der Waals surface area contributed by atoms with Crippen molar-refractivity contribution in [3.63, 3.8) is 0 Å². The molecule has 0 amide bonds. The van der Waals surface area contributed by atoms with E-state index in [2.05, 4.69) is 25.0 Å². The number of aliphatic hydroxyl groups excluding tert-OH is 1. The van der Waals surface area contributed by atoms with Gasteiger partial charge in [-0.1, -0.05) is 32.0 Å². The van der Waals surface area contributed by atoms with Crippen LogP contribution in [0.2, 0.25) is 0 Å². The van der Waals surface area contributed by atoms with Crippen LogP contribution in [-0.4, -0.2) is 33.7 Å². The van der Waals surface area contributed by atoms with Crippen molar-refractivity contribution < 1.29 is 9.84 Å². The summed E-state index contributed by atoms with van der Waals surface area (Å²) >= 11 is 0. The molecule has 0 aliphatic rings. The molecule has 0 aliphatic heterocycles. The molecule has 0 fully saturated rings. The van der Waals surface area contributed by atoms with E-state index in [4.69, 9.17) is 4.74 Å². The zero-order chi connectivity index (χ0) is 14.7. The number of aromatic nitrogens is 2. The molecule has 0 saturated carbocycles. The van der Waals surface area contributed by atoms with Crippen LogP contribution < -0.4 is 0 Å². The van der Waals surface area contributed by atoms with Crippen LogP contribution in [0.1, 0.15) is 26.5 Å². The lowest BCUT2D eigenvalue weighted by Crippen LogP contribution is -2.35. The van der Waals surface area contributed by atoms with Gasteiger partial charge in [-0.05, 0) is 18.9 Å². The van der Waals surface area contributed by atoms with Crippen molar-refractivity contribution in [3.05, 3.63) is 30.0 Å². The molecule has 0 spiro atoms. The highest BCUT2D eigenvalue weighted by Crippen LogP contribution is 2.21. The first-order chi connectivity index (χ1) is 9.54. The summed E-state index contributed by atoms with van der Waals surface area (Å²) in [5, 5.41) is 16.1. The highest BCUT2D eigenvalue weighted by atomic mass is 16.5.